The molecule has 1 aromatic carbocycles. The van der Waals surface area contributed by atoms with Crippen molar-refractivity contribution in [2.75, 3.05) is 18.4 Å². The average Bonchev–Trinajstić information content (AvgIpc) is 2.37. The highest BCUT2D eigenvalue weighted by atomic mass is 32.2. The molecule has 8 heteroatoms. The van der Waals surface area contributed by atoms with E-state index in [4.69, 9.17) is 0 Å². The van der Waals surface area contributed by atoms with Crippen LogP contribution in [-0.2, 0) is 10.0 Å². The molecule has 2 N–H and O–H groups in total. The summed E-state index contributed by atoms with van der Waals surface area (Å²) < 4.78 is 26.1. The van der Waals surface area contributed by atoms with E-state index in [0.29, 0.717) is 25.2 Å². The maximum atomic E-state index is 11.9. The fourth-order valence-electron chi connectivity index (χ4n) is 1.49. The molecule has 1 aromatic rings. The Bertz CT molecular complexity index is 557. The van der Waals surface area contributed by atoms with Crippen molar-refractivity contribution < 1.29 is 13.3 Å². The van der Waals surface area contributed by atoms with Gasteiger partial charge in [0.05, 0.1) is 9.82 Å². The number of hydrogen-bond donors (Lipinski definition) is 2. The van der Waals surface area contributed by atoms with Gasteiger partial charge in [-0.25, -0.2) is 13.1 Å². The number of benzene rings is 1. The first-order valence-corrected chi connectivity index (χ1v) is 7.42. The van der Waals surface area contributed by atoms with Gasteiger partial charge in [-0.05, 0) is 25.5 Å². The number of nitro groups is 1. The maximum Gasteiger partial charge on any atom is 0.293 e. The van der Waals surface area contributed by atoms with Gasteiger partial charge in [0.15, 0.2) is 0 Å². The summed E-state index contributed by atoms with van der Waals surface area (Å²) in [5, 5.41) is 13.8. The molecule has 0 spiro atoms. The fraction of sp³-hybridized carbons (Fsp3) is 0.455. The van der Waals surface area contributed by atoms with Crippen molar-refractivity contribution >= 4 is 21.4 Å². The molecule has 0 heterocycles. The van der Waals surface area contributed by atoms with E-state index in [-0.39, 0.29) is 10.6 Å². The highest BCUT2D eigenvalue weighted by Gasteiger charge is 2.20. The summed E-state index contributed by atoms with van der Waals surface area (Å²) in [7, 11) is -3.69. The number of rotatable bonds is 7. The third-order valence-corrected chi connectivity index (χ3v) is 3.84. The maximum absolute atomic E-state index is 11.9. The molecule has 1 rings (SSSR count). The second-order valence-electron chi connectivity index (χ2n) is 3.86. The number of nitro benzene ring substituents is 1. The Kier molecular flexibility index (Phi) is 5.25. The van der Waals surface area contributed by atoms with Crippen LogP contribution in [0.2, 0.25) is 0 Å². The normalized spacial score (nSPS) is 11.3. The van der Waals surface area contributed by atoms with E-state index in [2.05, 4.69) is 10.0 Å². The number of sulfonamides is 1. The summed E-state index contributed by atoms with van der Waals surface area (Å²) in [4.78, 5) is 10.2. The third kappa shape index (κ3) is 3.90. The van der Waals surface area contributed by atoms with E-state index >= 15 is 0 Å². The quantitative estimate of drug-likeness (QED) is 0.587. The molecule has 0 amide bonds. The lowest BCUT2D eigenvalue weighted by molar-refractivity contribution is -0.384. The minimum absolute atomic E-state index is 0.102. The van der Waals surface area contributed by atoms with E-state index in [9.17, 15) is 18.5 Å². The van der Waals surface area contributed by atoms with Gasteiger partial charge in [0.25, 0.3) is 5.69 Å². The Morgan fingerprint density at radius 1 is 1.32 bits per heavy atom. The molecule has 7 nitrogen and oxygen atoms in total. The molecule has 0 aliphatic carbocycles. The largest absolute Gasteiger partial charge is 0.380 e. The standard InChI is InChI=1S/C11H17N3O4S/c1-3-7-13-19(17,18)9-5-6-10(12-4-2)11(8-9)14(15)16/h5-6,8,12-13H,3-4,7H2,1-2H3. The van der Waals surface area contributed by atoms with Crippen LogP contribution in [0, 0.1) is 10.1 Å². The van der Waals surface area contributed by atoms with Gasteiger partial charge >= 0.3 is 0 Å². The van der Waals surface area contributed by atoms with Crippen LogP contribution in [0.15, 0.2) is 23.1 Å². The Morgan fingerprint density at radius 2 is 2.00 bits per heavy atom. The average molecular weight is 287 g/mol. The summed E-state index contributed by atoms with van der Waals surface area (Å²) in [5.41, 5.74) is 0.0585. The van der Waals surface area contributed by atoms with Crippen LogP contribution in [0.5, 0.6) is 0 Å². The van der Waals surface area contributed by atoms with Crippen molar-refractivity contribution in [3.63, 3.8) is 0 Å². The monoisotopic (exact) mass is 287 g/mol. The lowest BCUT2D eigenvalue weighted by Crippen LogP contribution is -2.24. The Balaban J connectivity index is 3.18. The summed E-state index contributed by atoms with van der Waals surface area (Å²) in [6, 6.07) is 3.82. The van der Waals surface area contributed by atoms with Gasteiger partial charge in [-0.3, -0.25) is 10.1 Å². The predicted molar refractivity (Wildman–Crippen MR) is 72.7 cm³/mol. The van der Waals surface area contributed by atoms with E-state index < -0.39 is 14.9 Å². The molecule has 0 radical (unpaired) electrons. The van der Waals surface area contributed by atoms with E-state index in [1.165, 1.54) is 12.1 Å². The van der Waals surface area contributed by atoms with Gasteiger partial charge < -0.3 is 5.32 Å². The van der Waals surface area contributed by atoms with E-state index in [1.807, 2.05) is 6.92 Å². The summed E-state index contributed by atoms with van der Waals surface area (Å²) in [6.45, 7) is 4.45. The van der Waals surface area contributed by atoms with Crippen LogP contribution in [0.1, 0.15) is 20.3 Å². The molecule has 0 fully saturated rings. The third-order valence-electron chi connectivity index (χ3n) is 2.39. The number of nitrogens with one attached hydrogen (secondary N) is 2. The predicted octanol–water partition coefficient (Wildman–Crippen LogP) is 1.71. The second-order valence-corrected chi connectivity index (χ2v) is 5.63. The van der Waals surface area contributed by atoms with Gasteiger partial charge in [0.1, 0.15) is 5.69 Å². The number of nitrogens with zero attached hydrogens (tertiary/aromatic N) is 1. The zero-order valence-corrected chi connectivity index (χ0v) is 11.7. The second kappa shape index (κ2) is 6.48. The first kappa shape index (κ1) is 15.4. The van der Waals surface area contributed by atoms with Gasteiger partial charge in [-0.1, -0.05) is 6.92 Å². The summed E-state index contributed by atoms with van der Waals surface area (Å²) in [6.07, 6.45) is 0.650. The molecule has 0 saturated carbocycles. The number of hydrogen-bond acceptors (Lipinski definition) is 5. The van der Waals surface area contributed by atoms with Crippen LogP contribution in [0.4, 0.5) is 11.4 Å². The summed E-state index contributed by atoms with van der Waals surface area (Å²) in [5.74, 6) is 0. The Morgan fingerprint density at radius 3 is 2.53 bits per heavy atom. The van der Waals surface area contributed by atoms with Crippen LogP contribution >= 0.6 is 0 Å². The lowest BCUT2D eigenvalue weighted by atomic mass is 10.2. The van der Waals surface area contributed by atoms with Crippen molar-refractivity contribution in [1.82, 2.24) is 4.72 Å². The van der Waals surface area contributed by atoms with Crippen LogP contribution in [0.25, 0.3) is 0 Å². The lowest BCUT2D eigenvalue weighted by Gasteiger charge is -2.08. The van der Waals surface area contributed by atoms with Crippen molar-refractivity contribution in [3.8, 4) is 0 Å². The topological polar surface area (TPSA) is 101 Å². The van der Waals surface area contributed by atoms with E-state index in [0.717, 1.165) is 6.07 Å². The molecule has 0 aliphatic heterocycles. The Hall–Kier alpha value is -1.67. The van der Waals surface area contributed by atoms with Crippen molar-refractivity contribution in [2.45, 2.75) is 25.2 Å². The molecular weight excluding hydrogens is 270 g/mol. The van der Waals surface area contributed by atoms with E-state index in [1.54, 1.807) is 6.92 Å². The van der Waals surface area contributed by atoms with Crippen molar-refractivity contribution in [1.29, 1.82) is 0 Å². The minimum atomic E-state index is -3.69. The molecular formula is C11H17N3O4S. The molecule has 106 valence electrons. The smallest absolute Gasteiger partial charge is 0.293 e. The highest BCUT2D eigenvalue weighted by molar-refractivity contribution is 7.89. The minimum Gasteiger partial charge on any atom is -0.380 e. The van der Waals surface area contributed by atoms with Crippen LogP contribution < -0.4 is 10.0 Å². The molecule has 0 atom stereocenters. The van der Waals surface area contributed by atoms with Crippen LogP contribution in [-0.4, -0.2) is 26.4 Å². The molecule has 0 unspecified atom stereocenters. The van der Waals surface area contributed by atoms with Crippen molar-refractivity contribution in [2.24, 2.45) is 0 Å². The van der Waals surface area contributed by atoms with Crippen molar-refractivity contribution in [3.05, 3.63) is 28.3 Å². The Labute approximate surface area is 112 Å². The number of anilines is 1. The zero-order chi connectivity index (χ0) is 14.5. The van der Waals surface area contributed by atoms with Crippen LogP contribution in [0.3, 0.4) is 0 Å². The first-order chi connectivity index (χ1) is 8.92. The highest BCUT2D eigenvalue weighted by Crippen LogP contribution is 2.27. The fourth-order valence-corrected chi connectivity index (χ4v) is 2.64. The van der Waals surface area contributed by atoms with Gasteiger partial charge in [-0.2, -0.15) is 0 Å². The SMILES string of the molecule is CCCNS(=O)(=O)c1ccc(NCC)c([N+](=O)[O-])c1. The van der Waals surface area contributed by atoms with Gasteiger partial charge in [-0.15, -0.1) is 0 Å². The molecule has 19 heavy (non-hydrogen) atoms. The first-order valence-electron chi connectivity index (χ1n) is 5.94. The molecule has 0 bridgehead atoms. The molecule has 0 aliphatic rings. The molecule has 0 saturated heterocycles. The molecule has 0 aromatic heterocycles. The van der Waals surface area contributed by atoms with Gasteiger partial charge in [0, 0.05) is 19.2 Å². The van der Waals surface area contributed by atoms with Gasteiger partial charge in [0.2, 0.25) is 10.0 Å². The zero-order valence-electron chi connectivity index (χ0n) is 10.8. The summed E-state index contributed by atoms with van der Waals surface area (Å²) >= 11 is 0.